The molecule has 4 heteroatoms. The zero-order valence-corrected chi connectivity index (χ0v) is 6.99. The first-order valence-corrected chi connectivity index (χ1v) is 5.28. The monoisotopic (exact) mass is 164 g/mol. The maximum atomic E-state index is 4.29. The van der Waals surface area contributed by atoms with Crippen molar-refractivity contribution in [2.75, 3.05) is 14.2 Å². The summed E-state index contributed by atoms with van der Waals surface area (Å²) < 4.78 is 0. The van der Waals surface area contributed by atoms with Crippen LogP contribution in [0.5, 0.6) is 0 Å². The Morgan fingerprint density at radius 3 is 1.83 bits per heavy atom. The van der Waals surface area contributed by atoms with Crippen molar-refractivity contribution in [3.63, 3.8) is 0 Å². The largest absolute Gasteiger partial charge is 1.52 e. The van der Waals surface area contributed by atoms with Gasteiger partial charge in [0.2, 0.25) is 0 Å². The first-order chi connectivity index (χ1) is 2.91. The first kappa shape index (κ1) is 10.2. The molecule has 0 amide bonds. The second kappa shape index (κ2) is 16.4. The number of hydroxylamine groups is 1. The molecule has 0 fully saturated rings. The number of nitrogens with one attached hydrogen (secondary N) is 1. The summed E-state index contributed by atoms with van der Waals surface area (Å²) in [6, 6.07) is 0. The van der Waals surface area contributed by atoms with Crippen LogP contribution < -0.4 is 5.48 Å². The van der Waals surface area contributed by atoms with Gasteiger partial charge in [0.05, 0.1) is 7.11 Å². The van der Waals surface area contributed by atoms with E-state index in [0.717, 1.165) is 0 Å². The minimum Gasteiger partial charge on any atom is -0.305 e. The Morgan fingerprint density at radius 2 is 1.83 bits per heavy atom. The van der Waals surface area contributed by atoms with E-state index < -0.39 is 0 Å². The molecule has 0 aromatic heterocycles. The topological polar surface area (TPSA) is 21.3 Å². The minimum atomic E-state index is 1.57. The fraction of sp³-hybridized carbons (Fsp3) is 1.00. The van der Waals surface area contributed by atoms with E-state index in [2.05, 4.69) is 23.2 Å². The van der Waals surface area contributed by atoms with Crippen LogP contribution in [0, 0.1) is 0 Å². The van der Waals surface area contributed by atoms with Crippen molar-refractivity contribution in [1.82, 2.24) is 5.48 Å². The van der Waals surface area contributed by atoms with Crippen LogP contribution in [0.4, 0.5) is 0 Å². The Labute approximate surface area is 56.9 Å². The van der Waals surface area contributed by atoms with Crippen molar-refractivity contribution in [2.24, 2.45) is 0 Å². The van der Waals surface area contributed by atoms with E-state index in [1.54, 1.807) is 33.7 Å². The SMILES string of the molecule is CNOC.[Mg+2][Br]. The summed E-state index contributed by atoms with van der Waals surface area (Å²) in [5.74, 6) is 0. The van der Waals surface area contributed by atoms with Gasteiger partial charge in [-0.2, -0.15) is 0 Å². The van der Waals surface area contributed by atoms with E-state index in [1.165, 1.54) is 0 Å². The zero-order valence-electron chi connectivity index (χ0n) is 3.99. The number of rotatable bonds is 1. The van der Waals surface area contributed by atoms with E-state index in [0.29, 0.717) is 0 Å². The molecule has 0 saturated carbocycles. The Morgan fingerprint density at radius 1 is 1.67 bits per heavy atom. The Hall–Kier alpha value is 1.17. The lowest BCUT2D eigenvalue weighted by molar-refractivity contribution is 0.112. The average Bonchev–Trinajstić information content (AvgIpc) is 1.72. The fourth-order valence-corrected chi connectivity index (χ4v) is 0. The molecule has 0 bridgehead atoms. The highest BCUT2D eigenvalue weighted by Crippen LogP contribution is 1.41. The van der Waals surface area contributed by atoms with Gasteiger partial charge >= 0.3 is 32.4 Å². The predicted molar refractivity (Wildman–Crippen MR) is 30.7 cm³/mol. The normalized spacial score (nSPS) is 6.00. The molecule has 0 aliphatic rings. The quantitative estimate of drug-likeness (QED) is 0.444. The maximum absolute atomic E-state index is 4.29. The average molecular weight is 165 g/mol. The summed E-state index contributed by atoms with van der Waals surface area (Å²) in [4.78, 5) is 4.29. The predicted octanol–water partition coefficient (Wildman–Crippen LogP) is 0.232. The van der Waals surface area contributed by atoms with Crippen molar-refractivity contribution in [3.8, 4) is 0 Å². The van der Waals surface area contributed by atoms with E-state index in [-0.39, 0.29) is 0 Å². The smallest absolute Gasteiger partial charge is 0.305 e. The van der Waals surface area contributed by atoms with Gasteiger partial charge in [-0.25, -0.2) is 5.48 Å². The number of halogens is 1. The van der Waals surface area contributed by atoms with E-state index in [4.69, 9.17) is 0 Å². The minimum absolute atomic E-state index is 1.57. The van der Waals surface area contributed by atoms with Crippen LogP contribution in [0.3, 0.4) is 0 Å². The molecule has 1 N–H and O–H groups in total. The molecule has 2 nitrogen and oxygen atoms in total. The Bertz CT molecular complexity index is 15.5. The summed E-state index contributed by atoms with van der Waals surface area (Å²) in [5.41, 5.74) is 2.43. The van der Waals surface area contributed by atoms with Gasteiger partial charge in [-0.15, -0.1) is 0 Å². The third-order valence-corrected chi connectivity index (χ3v) is 0.204. The van der Waals surface area contributed by atoms with Crippen molar-refractivity contribution in [2.45, 2.75) is 0 Å². The van der Waals surface area contributed by atoms with Gasteiger partial charge in [-0.3, -0.25) is 0 Å². The second-order valence-electron chi connectivity index (χ2n) is 0.408. The maximum Gasteiger partial charge on any atom is 1.52 e. The molecule has 33 valence electrons. The van der Waals surface area contributed by atoms with Gasteiger partial charge in [0.15, 0.2) is 0 Å². The number of hydrogen-bond donors (Lipinski definition) is 1. The number of hydrogen-bond acceptors (Lipinski definition) is 2. The van der Waals surface area contributed by atoms with Crippen LogP contribution in [-0.4, -0.2) is 33.7 Å². The molecule has 0 atom stereocenters. The summed E-state index contributed by atoms with van der Waals surface area (Å²) in [6.45, 7) is 0. The molecule has 0 saturated heterocycles. The molecular weight excluding hydrogens is 158 g/mol. The third kappa shape index (κ3) is 19.1. The molecule has 0 aliphatic heterocycles. The summed E-state index contributed by atoms with van der Waals surface area (Å²) >= 11 is 4.64. The third-order valence-electron chi connectivity index (χ3n) is 0.204. The summed E-state index contributed by atoms with van der Waals surface area (Å²) in [5, 5.41) is 0. The molecule has 6 heavy (non-hydrogen) atoms. The molecule has 0 aromatic carbocycles. The molecule has 0 heterocycles. The zero-order chi connectivity index (χ0) is 5.41. The van der Waals surface area contributed by atoms with Crippen LogP contribution in [0.15, 0.2) is 0 Å². The van der Waals surface area contributed by atoms with Gasteiger partial charge in [-0.1, -0.05) is 0 Å². The molecule has 0 rings (SSSR count). The van der Waals surface area contributed by atoms with Gasteiger partial charge in [0, 0.05) is 7.05 Å². The van der Waals surface area contributed by atoms with Crippen LogP contribution in [0.1, 0.15) is 0 Å². The van der Waals surface area contributed by atoms with Gasteiger partial charge in [0.1, 0.15) is 0 Å². The Balaban J connectivity index is 0. The highest BCUT2D eigenvalue weighted by atomic mass is 79.9. The van der Waals surface area contributed by atoms with Crippen molar-refractivity contribution < 1.29 is 4.84 Å². The molecular formula is C2H7BrMgNO+2. The summed E-state index contributed by atoms with van der Waals surface area (Å²) in [6.07, 6.45) is 0. The van der Waals surface area contributed by atoms with Gasteiger partial charge in [-0.05, 0) is 0 Å². The molecule has 0 spiro atoms. The van der Waals surface area contributed by atoms with Crippen LogP contribution >= 0.6 is 12.9 Å². The van der Waals surface area contributed by atoms with Crippen molar-refractivity contribution in [3.05, 3.63) is 0 Å². The van der Waals surface area contributed by atoms with Gasteiger partial charge < -0.3 is 4.84 Å². The second-order valence-corrected chi connectivity index (χ2v) is 0.408. The first-order valence-electron chi connectivity index (χ1n) is 1.38. The molecule has 0 aromatic rings. The molecule has 0 aliphatic carbocycles. The van der Waals surface area contributed by atoms with E-state index in [1.807, 2.05) is 0 Å². The highest BCUT2D eigenvalue weighted by molar-refractivity contribution is 9.22. The van der Waals surface area contributed by atoms with Gasteiger partial charge in [0.25, 0.3) is 0 Å². The van der Waals surface area contributed by atoms with Crippen molar-refractivity contribution in [1.29, 1.82) is 0 Å². The lowest BCUT2D eigenvalue weighted by atomic mass is 11.5. The lowest BCUT2D eigenvalue weighted by Gasteiger charge is -1.80. The van der Waals surface area contributed by atoms with E-state index in [9.17, 15) is 0 Å². The molecule has 0 unspecified atom stereocenters. The van der Waals surface area contributed by atoms with Crippen LogP contribution in [-0.2, 0) is 4.84 Å². The Kier molecular flexibility index (Phi) is 27.9. The standard InChI is InChI=1S/C2H7NO.BrH.Mg/c1-3-4-2;;/h3H,1-2H3;1H;/q;;+3/p-1. The van der Waals surface area contributed by atoms with E-state index >= 15 is 0 Å². The van der Waals surface area contributed by atoms with Crippen molar-refractivity contribution >= 4 is 32.4 Å². The highest BCUT2D eigenvalue weighted by Gasteiger charge is 2.13. The van der Waals surface area contributed by atoms with Crippen LogP contribution in [0.25, 0.3) is 0 Å². The fourth-order valence-electron chi connectivity index (χ4n) is 0. The molecule has 7 radical (unpaired) electrons. The van der Waals surface area contributed by atoms with Crippen LogP contribution in [0.2, 0.25) is 0 Å². The summed E-state index contributed by atoms with van der Waals surface area (Å²) in [7, 11) is 3.28. The lowest BCUT2D eigenvalue weighted by Crippen LogP contribution is -2.00.